The normalized spacial score (nSPS) is 10.1. The van der Waals surface area contributed by atoms with E-state index in [1.807, 2.05) is 0 Å². The number of hydrogen-bond acceptors (Lipinski definition) is 4. The SMILES string of the molecule is COc1cc(N)c(CC(=O)Nc2ccccc2F)cc1OC. The van der Waals surface area contributed by atoms with E-state index in [9.17, 15) is 9.18 Å². The predicted molar refractivity (Wildman–Crippen MR) is 82.7 cm³/mol. The Morgan fingerprint density at radius 1 is 1.18 bits per heavy atom. The molecule has 0 unspecified atom stereocenters. The Bertz CT molecular complexity index is 689. The van der Waals surface area contributed by atoms with Crippen LogP contribution in [0.5, 0.6) is 11.5 Å². The molecular formula is C16H17FN2O3. The van der Waals surface area contributed by atoms with Crippen molar-refractivity contribution in [1.82, 2.24) is 0 Å². The van der Waals surface area contributed by atoms with Crippen molar-refractivity contribution in [2.75, 3.05) is 25.3 Å². The van der Waals surface area contributed by atoms with E-state index in [0.717, 1.165) is 0 Å². The summed E-state index contributed by atoms with van der Waals surface area (Å²) < 4.78 is 23.8. The summed E-state index contributed by atoms with van der Waals surface area (Å²) in [6.07, 6.45) is 0.000518. The molecule has 0 saturated carbocycles. The molecule has 6 heteroatoms. The molecule has 0 spiro atoms. The summed E-state index contributed by atoms with van der Waals surface area (Å²) in [6, 6.07) is 9.19. The number of para-hydroxylation sites is 1. The number of carbonyl (C=O) groups is 1. The zero-order valence-corrected chi connectivity index (χ0v) is 12.4. The predicted octanol–water partition coefficient (Wildman–Crippen LogP) is 2.61. The fourth-order valence-corrected chi connectivity index (χ4v) is 2.02. The molecular weight excluding hydrogens is 287 g/mol. The number of hydrogen-bond donors (Lipinski definition) is 2. The number of nitrogens with one attached hydrogen (secondary N) is 1. The lowest BCUT2D eigenvalue weighted by Gasteiger charge is -2.12. The second-order valence-electron chi connectivity index (χ2n) is 4.61. The first-order valence-corrected chi connectivity index (χ1v) is 6.60. The van der Waals surface area contributed by atoms with Gasteiger partial charge in [-0.3, -0.25) is 4.79 Å². The van der Waals surface area contributed by atoms with Gasteiger partial charge < -0.3 is 20.5 Å². The minimum Gasteiger partial charge on any atom is -0.493 e. The number of nitrogens with two attached hydrogens (primary N) is 1. The van der Waals surface area contributed by atoms with Gasteiger partial charge in [0.2, 0.25) is 5.91 Å². The summed E-state index contributed by atoms with van der Waals surface area (Å²) >= 11 is 0. The third-order valence-corrected chi connectivity index (χ3v) is 3.14. The summed E-state index contributed by atoms with van der Waals surface area (Å²) in [5.41, 5.74) is 7.01. The number of ether oxygens (including phenoxy) is 2. The van der Waals surface area contributed by atoms with E-state index >= 15 is 0 Å². The molecule has 0 aliphatic rings. The van der Waals surface area contributed by atoms with Gasteiger partial charge in [-0.15, -0.1) is 0 Å². The molecule has 0 saturated heterocycles. The van der Waals surface area contributed by atoms with E-state index in [0.29, 0.717) is 22.7 Å². The van der Waals surface area contributed by atoms with Gasteiger partial charge >= 0.3 is 0 Å². The lowest BCUT2D eigenvalue weighted by molar-refractivity contribution is -0.115. The Morgan fingerprint density at radius 3 is 2.45 bits per heavy atom. The van der Waals surface area contributed by atoms with Crippen molar-refractivity contribution < 1.29 is 18.7 Å². The van der Waals surface area contributed by atoms with Crippen LogP contribution in [-0.2, 0) is 11.2 Å². The number of nitrogen functional groups attached to an aromatic ring is 1. The van der Waals surface area contributed by atoms with E-state index in [1.165, 1.54) is 26.4 Å². The number of halogens is 1. The van der Waals surface area contributed by atoms with Crippen LogP contribution in [0, 0.1) is 5.82 Å². The summed E-state index contributed by atoms with van der Waals surface area (Å²) in [5, 5.41) is 2.51. The molecule has 3 N–H and O–H groups in total. The average molecular weight is 304 g/mol. The fraction of sp³-hybridized carbons (Fsp3) is 0.188. The molecule has 0 radical (unpaired) electrons. The number of anilines is 2. The van der Waals surface area contributed by atoms with Gasteiger partial charge in [0, 0.05) is 11.8 Å². The molecule has 0 heterocycles. The highest BCUT2D eigenvalue weighted by atomic mass is 19.1. The van der Waals surface area contributed by atoms with Gasteiger partial charge in [-0.05, 0) is 23.8 Å². The molecule has 22 heavy (non-hydrogen) atoms. The Morgan fingerprint density at radius 2 is 1.82 bits per heavy atom. The quantitative estimate of drug-likeness (QED) is 0.833. The molecule has 0 fully saturated rings. The number of carbonyl (C=O) groups excluding carboxylic acids is 1. The largest absolute Gasteiger partial charge is 0.493 e. The Hall–Kier alpha value is -2.76. The van der Waals surface area contributed by atoms with Gasteiger partial charge in [0.25, 0.3) is 0 Å². The van der Waals surface area contributed by atoms with Crippen LogP contribution in [0.15, 0.2) is 36.4 Å². The van der Waals surface area contributed by atoms with E-state index in [4.69, 9.17) is 15.2 Å². The van der Waals surface area contributed by atoms with Gasteiger partial charge in [0.1, 0.15) is 5.82 Å². The zero-order valence-electron chi connectivity index (χ0n) is 12.4. The minimum absolute atomic E-state index is 0.000518. The van der Waals surface area contributed by atoms with Crippen molar-refractivity contribution in [3.8, 4) is 11.5 Å². The van der Waals surface area contributed by atoms with Crippen LogP contribution in [-0.4, -0.2) is 20.1 Å². The fourth-order valence-electron chi connectivity index (χ4n) is 2.02. The molecule has 5 nitrogen and oxygen atoms in total. The number of methoxy groups -OCH3 is 2. The molecule has 1 amide bonds. The van der Waals surface area contributed by atoms with Crippen LogP contribution < -0.4 is 20.5 Å². The summed E-state index contributed by atoms with van der Waals surface area (Å²) in [4.78, 5) is 12.0. The van der Waals surface area contributed by atoms with Crippen LogP contribution in [0.25, 0.3) is 0 Å². The van der Waals surface area contributed by atoms with Crippen LogP contribution in [0.4, 0.5) is 15.8 Å². The Balaban J connectivity index is 2.16. The lowest BCUT2D eigenvalue weighted by atomic mass is 10.1. The van der Waals surface area contributed by atoms with E-state index in [-0.39, 0.29) is 18.0 Å². The number of amides is 1. The van der Waals surface area contributed by atoms with Gasteiger partial charge in [-0.25, -0.2) is 4.39 Å². The standard InChI is InChI=1S/C16H17FN2O3/c1-21-14-7-10(12(18)9-15(14)22-2)8-16(20)19-13-6-4-3-5-11(13)17/h3-7,9H,8,18H2,1-2H3,(H,19,20). The average Bonchev–Trinajstić information content (AvgIpc) is 2.51. The Kier molecular flexibility index (Phi) is 4.83. The maximum atomic E-state index is 13.5. The van der Waals surface area contributed by atoms with Gasteiger partial charge in [0.15, 0.2) is 11.5 Å². The van der Waals surface area contributed by atoms with Crippen LogP contribution in [0.3, 0.4) is 0 Å². The first-order chi connectivity index (χ1) is 10.5. The monoisotopic (exact) mass is 304 g/mol. The van der Waals surface area contributed by atoms with Crippen molar-refractivity contribution in [2.45, 2.75) is 6.42 Å². The maximum Gasteiger partial charge on any atom is 0.228 e. The van der Waals surface area contributed by atoms with Crippen molar-refractivity contribution in [3.63, 3.8) is 0 Å². The van der Waals surface area contributed by atoms with Gasteiger partial charge in [-0.1, -0.05) is 12.1 Å². The number of rotatable bonds is 5. The van der Waals surface area contributed by atoms with Crippen molar-refractivity contribution in [1.29, 1.82) is 0 Å². The lowest BCUT2D eigenvalue weighted by Crippen LogP contribution is -2.16. The second-order valence-corrected chi connectivity index (χ2v) is 4.61. The second kappa shape index (κ2) is 6.80. The highest BCUT2D eigenvalue weighted by Gasteiger charge is 2.13. The Labute approximate surface area is 127 Å². The molecule has 116 valence electrons. The van der Waals surface area contributed by atoms with E-state index < -0.39 is 5.82 Å². The van der Waals surface area contributed by atoms with Gasteiger partial charge in [0.05, 0.1) is 26.3 Å². The molecule has 2 aromatic rings. The summed E-state index contributed by atoms with van der Waals surface area (Å²) in [5.74, 6) is 0.101. The summed E-state index contributed by atoms with van der Waals surface area (Å²) in [6.45, 7) is 0. The smallest absolute Gasteiger partial charge is 0.228 e. The highest BCUT2D eigenvalue weighted by Crippen LogP contribution is 2.32. The molecule has 0 aliphatic heterocycles. The van der Waals surface area contributed by atoms with Crippen molar-refractivity contribution in [3.05, 3.63) is 47.8 Å². The highest BCUT2D eigenvalue weighted by molar-refractivity contribution is 5.93. The first-order valence-electron chi connectivity index (χ1n) is 6.60. The van der Waals surface area contributed by atoms with Crippen LogP contribution in [0.1, 0.15) is 5.56 Å². The summed E-state index contributed by atoms with van der Waals surface area (Å²) in [7, 11) is 3.00. The van der Waals surface area contributed by atoms with Crippen molar-refractivity contribution in [2.24, 2.45) is 0 Å². The third-order valence-electron chi connectivity index (χ3n) is 3.14. The van der Waals surface area contributed by atoms with E-state index in [2.05, 4.69) is 5.32 Å². The van der Waals surface area contributed by atoms with Gasteiger partial charge in [-0.2, -0.15) is 0 Å². The van der Waals surface area contributed by atoms with Crippen molar-refractivity contribution >= 4 is 17.3 Å². The third kappa shape index (κ3) is 3.46. The molecule has 0 atom stereocenters. The van der Waals surface area contributed by atoms with E-state index in [1.54, 1.807) is 24.3 Å². The number of benzene rings is 2. The maximum absolute atomic E-state index is 13.5. The molecule has 2 aromatic carbocycles. The topological polar surface area (TPSA) is 73.6 Å². The molecule has 0 aliphatic carbocycles. The zero-order chi connectivity index (χ0) is 16.1. The first kappa shape index (κ1) is 15.6. The molecule has 0 aromatic heterocycles. The van der Waals surface area contributed by atoms with Crippen LogP contribution in [0.2, 0.25) is 0 Å². The molecule has 2 rings (SSSR count). The molecule has 0 bridgehead atoms. The minimum atomic E-state index is -0.490. The van der Waals surface area contributed by atoms with Crippen LogP contribution >= 0.6 is 0 Å².